The number of carbonyl (C=O) groups excluding carboxylic acids is 1. The van der Waals surface area contributed by atoms with Crippen molar-refractivity contribution in [1.82, 2.24) is 10.2 Å². The van der Waals surface area contributed by atoms with Crippen molar-refractivity contribution in [3.8, 4) is 5.75 Å². The summed E-state index contributed by atoms with van der Waals surface area (Å²) in [5.74, 6) is -0.612. The summed E-state index contributed by atoms with van der Waals surface area (Å²) in [5, 5.41) is 14.2. The number of likely N-dealkylation sites (tertiary alicyclic amines) is 1. The van der Waals surface area contributed by atoms with Crippen LogP contribution in [-0.4, -0.2) is 54.3 Å². The molecule has 176 valence electrons. The lowest BCUT2D eigenvalue weighted by molar-refractivity contribution is -0.0835. The summed E-state index contributed by atoms with van der Waals surface area (Å²) in [6, 6.07) is 9.99. The van der Waals surface area contributed by atoms with Crippen LogP contribution in [0.5, 0.6) is 5.75 Å². The highest BCUT2D eigenvalue weighted by molar-refractivity contribution is 6.30. The molecule has 3 aliphatic rings. The van der Waals surface area contributed by atoms with E-state index >= 15 is 0 Å². The van der Waals surface area contributed by atoms with Gasteiger partial charge >= 0.3 is 0 Å². The maximum absolute atomic E-state index is 13.8. The van der Waals surface area contributed by atoms with Crippen molar-refractivity contribution >= 4 is 17.5 Å². The van der Waals surface area contributed by atoms with Gasteiger partial charge in [0.15, 0.2) is 0 Å². The molecule has 2 N–H and O–H groups in total. The van der Waals surface area contributed by atoms with Crippen LogP contribution in [0.4, 0.5) is 4.39 Å². The van der Waals surface area contributed by atoms with Crippen molar-refractivity contribution in [3.63, 3.8) is 0 Å². The van der Waals surface area contributed by atoms with E-state index in [0.717, 1.165) is 43.8 Å². The molecule has 2 aromatic rings. The van der Waals surface area contributed by atoms with Crippen molar-refractivity contribution < 1.29 is 23.8 Å². The largest absolute Gasteiger partial charge is 0.490 e. The monoisotopic (exact) mass is 474 g/mol. The number of nitrogens with zero attached hydrogens (tertiary/aromatic N) is 1. The third-order valence-electron chi connectivity index (χ3n) is 6.73. The fourth-order valence-electron chi connectivity index (χ4n) is 4.73. The number of benzene rings is 2. The first-order valence-electron chi connectivity index (χ1n) is 11.5. The smallest absolute Gasteiger partial charge is 0.255 e. The van der Waals surface area contributed by atoms with E-state index in [1.807, 2.05) is 18.2 Å². The summed E-state index contributed by atoms with van der Waals surface area (Å²) in [6.45, 7) is 2.56. The Morgan fingerprint density at radius 1 is 1.27 bits per heavy atom. The van der Waals surface area contributed by atoms with Gasteiger partial charge in [0, 0.05) is 36.8 Å². The summed E-state index contributed by atoms with van der Waals surface area (Å²) in [5.41, 5.74) is 2.36. The zero-order valence-electron chi connectivity index (χ0n) is 18.4. The predicted molar refractivity (Wildman–Crippen MR) is 122 cm³/mol. The molecule has 2 fully saturated rings. The molecule has 1 amide bonds. The number of piperidine rings is 1. The molecule has 0 bridgehead atoms. The van der Waals surface area contributed by atoms with Gasteiger partial charge in [-0.05, 0) is 61.1 Å². The number of hydrogen-bond acceptors (Lipinski definition) is 5. The number of halogens is 2. The van der Waals surface area contributed by atoms with Gasteiger partial charge in [-0.1, -0.05) is 17.7 Å². The number of carbonyl (C=O) groups is 1. The molecule has 8 heteroatoms. The van der Waals surface area contributed by atoms with Gasteiger partial charge in [-0.2, -0.15) is 0 Å². The van der Waals surface area contributed by atoms with Crippen LogP contribution >= 0.6 is 11.6 Å². The van der Waals surface area contributed by atoms with Gasteiger partial charge in [0.2, 0.25) is 0 Å². The van der Waals surface area contributed by atoms with Crippen LogP contribution in [0.15, 0.2) is 36.4 Å². The average Bonchev–Trinajstić information content (AvgIpc) is 3.55. The van der Waals surface area contributed by atoms with Crippen molar-refractivity contribution in [1.29, 1.82) is 0 Å². The minimum atomic E-state index is -0.770. The number of rotatable bonds is 7. The Morgan fingerprint density at radius 3 is 2.82 bits per heavy atom. The third kappa shape index (κ3) is 5.01. The molecule has 1 aliphatic carbocycles. The van der Waals surface area contributed by atoms with E-state index < -0.39 is 11.9 Å². The Kier molecular flexibility index (Phi) is 6.31. The second-order valence-electron chi connectivity index (χ2n) is 9.24. The van der Waals surface area contributed by atoms with E-state index in [1.54, 1.807) is 0 Å². The van der Waals surface area contributed by atoms with Crippen LogP contribution in [0, 0.1) is 5.82 Å². The summed E-state index contributed by atoms with van der Waals surface area (Å²) < 4.78 is 25.6. The van der Waals surface area contributed by atoms with Gasteiger partial charge in [0.1, 0.15) is 24.3 Å². The minimum absolute atomic E-state index is 0.0241. The number of β-amino-alcohol motifs (C(OH)–C–C–N with tert-alkyl or cyclic N) is 1. The van der Waals surface area contributed by atoms with Crippen LogP contribution in [0.1, 0.15) is 47.2 Å². The molecular weight excluding hydrogens is 447 g/mol. The molecule has 2 aromatic carbocycles. The van der Waals surface area contributed by atoms with Crippen molar-refractivity contribution in [2.24, 2.45) is 0 Å². The van der Waals surface area contributed by atoms with E-state index in [1.165, 1.54) is 29.3 Å². The Balaban J connectivity index is 1.15. The highest BCUT2D eigenvalue weighted by Gasteiger charge is 2.42. The minimum Gasteiger partial charge on any atom is -0.490 e. The van der Waals surface area contributed by atoms with Crippen LogP contribution in [0.25, 0.3) is 0 Å². The molecule has 0 aromatic heterocycles. The van der Waals surface area contributed by atoms with Gasteiger partial charge < -0.3 is 24.8 Å². The first-order chi connectivity index (χ1) is 15.9. The fourth-order valence-corrected chi connectivity index (χ4v) is 4.91. The fraction of sp³-hybridized carbons (Fsp3) is 0.480. The van der Waals surface area contributed by atoms with E-state index in [0.29, 0.717) is 13.2 Å². The SMILES string of the molecule is O=C(NC1CC1)c1ccc(F)cc1OC[C@@H](O)CN1CCC2(CC1)OCc1ccc(Cl)cc12. The molecule has 6 nitrogen and oxygen atoms in total. The average molecular weight is 475 g/mol. The number of nitrogens with one attached hydrogen (secondary N) is 1. The van der Waals surface area contributed by atoms with E-state index in [-0.39, 0.29) is 35.5 Å². The highest BCUT2D eigenvalue weighted by Crippen LogP contribution is 2.45. The quantitative estimate of drug-likeness (QED) is 0.641. The maximum atomic E-state index is 13.8. The lowest BCUT2D eigenvalue weighted by Gasteiger charge is -2.39. The number of amides is 1. The summed E-state index contributed by atoms with van der Waals surface area (Å²) >= 11 is 6.22. The molecule has 33 heavy (non-hydrogen) atoms. The molecule has 1 spiro atoms. The number of aliphatic hydroxyl groups is 1. The van der Waals surface area contributed by atoms with Crippen LogP contribution in [0.3, 0.4) is 0 Å². The Morgan fingerprint density at radius 2 is 2.06 bits per heavy atom. The van der Waals surface area contributed by atoms with Crippen molar-refractivity contribution in [2.75, 3.05) is 26.2 Å². The number of aliphatic hydroxyl groups excluding tert-OH is 1. The van der Waals surface area contributed by atoms with Gasteiger partial charge in [-0.15, -0.1) is 0 Å². The van der Waals surface area contributed by atoms with Gasteiger partial charge in [-0.25, -0.2) is 4.39 Å². The van der Waals surface area contributed by atoms with Crippen molar-refractivity contribution in [2.45, 2.75) is 50.0 Å². The molecule has 1 saturated carbocycles. The molecule has 5 rings (SSSR count). The maximum Gasteiger partial charge on any atom is 0.255 e. The Labute approximate surface area is 197 Å². The molecule has 1 saturated heterocycles. The summed E-state index contributed by atoms with van der Waals surface area (Å²) in [4.78, 5) is 14.6. The van der Waals surface area contributed by atoms with Crippen LogP contribution in [0.2, 0.25) is 5.02 Å². The predicted octanol–water partition coefficient (Wildman–Crippen LogP) is 3.63. The zero-order chi connectivity index (χ0) is 23.0. The zero-order valence-corrected chi connectivity index (χ0v) is 19.1. The summed E-state index contributed by atoms with van der Waals surface area (Å²) in [6.07, 6.45) is 2.80. The van der Waals surface area contributed by atoms with E-state index in [4.69, 9.17) is 21.1 Å². The first-order valence-corrected chi connectivity index (χ1v) is 11.9. The third-order valence-corrected chi connectivity index (χ3v) is 6.97. The lowest BCUT2D eigenvalue weighted by atomic mass is 9.84. The molecule has 2 aliphatic heterocycles. The van der Waals surface area contributed by atoms with Gasteiger partial charge in [0.25, 0.3) is 5.91 Å². The molecule has 0 radical (unpaired) electrons. The van der Waals surface area contributed by atoms with Gasteiger partial charge in [-0.3, -0.25) is 4.79 Å². The molecule has 1 atom stereocenters. The number of ether oxygens (including phenoxy) is 2. The standard InChI is InChI=1S/C25H28ClFN2O4/c26-17-2-1-16-14-33-25(22(16)11-17)7-9-29(10-8-25)13-20(30)15-32-23-12-18(27)3-6-21(23)24(31)28-19-4-5-19/h1-3,6,11-12,19-20,30H,4-5,7-10,13-15H2,(H,28,31)/t20-/m0/s1. The second kappa shape index (κ2) is 9.22. The molecule has 2 heterocycles. The number of fused-ring (bicyclic) bond motifs is 2. The number of hydrogen-bond donors (Lipinski definition) is 2. The molecule has 0 unspecified atom stereocenters. The Hall–Kier alpha value is -2.19. The van der Waals surface area contributed by atoms with Crippen molar-refractivity contribution in [3.05, 3.63) is 63.9 Å². The topological polar surface area (TPSA) is 71.0 Å². The second-order valence-corrected chi connectivity index (χ2v) is 9.67. The highest BCUT2D eigenvalue weighted by atomic mass is 35.5. The van der Waals surface area contributed by atoms with Crippen LogP contribution in [-0.2, 0) is 16.9 Å². The van der Waals surface area contributed by atoms with E-state index in [9.17, 15) is 14.3 Å². The normalized spacial score (nSPS) is 20.5. The summed E-state index contributed by atoms with van der Waals surface area (Å²) in [7, 11) is 0. The van der Waals surface area contributed by atoms with Crippen LogP contribution < -0.4 is 10.1 Å². The van der Waals surface area contributed by atoms with Gasteiger partial charge in [0.05, 0.1) is 17.8 Å². The Bertz CT molecular complexity index is 1040. The van der Waals surface area contributed by atoms with E-state index in [2.05, 4.69) is 10.2 Å². The first kappa shape index (κ1) is 22.6. The molecular formula is C25H28ClFN2O4. The lowest BCUT2D eigenvalue weighted by Crippen LogP contribution is -2.46.